The number of nitrogens with one attached hydrogen (secondary N) is 1. The molecule has 1 aromatic carbocycles. The summed E-state index contributed by atoms with van der Waals surface area (Å²) in [5, 5.41) is 6.28. The summed E-state index contributed by atoms with van der Waals surface area (Å²) in [6, 6.07) is 10.2. The zero-order valence-corrected chi connectivity index (χ0v) is 17.8. The van der Waals surface area contributed by atoms with Gasteiger partial charge in [-0.25, -0.2) is 9.78 Å². The van der Waals surface area contributed by atoms with Crippen molar-refractivity contribution in [2.24, 2.45) is 5.92 Å². The molecule has 1 aromatic heterocycles. The Labute approximate surface area is 167 Å². The van der Waals surface area contributed by atoms with Crippen LogP contribution in [0.25, 0.3) is 6.08 Å². The summed E-state index contributed by atoms with van der Waals surface area (Å²) in [7, 11) is 0. The maximum atomic E-state index is 12.8. The molecule has 2 rings (SSSR count). The third-order valence-electron chi connectivity index (χ3n) is 4.49. The number of hydrogen-bond acceptors (Lipinski definition) is 3. The maximum Gasteiger partial charge on any atom is 0.318 e. The highest BCUT2D eigenvalue weighted by Crippen LogP contribution is 2.20. The molecule has 0 spiro atoms. The third-order valence-corrected chi connectivity index (χ3v) is 5.68. The molecule has 0 aliphatic carbocycles. The summed E-state index contributed by atoms with van der Waals surface area (Å²) in [6.45, 7) is 11.6. The first-order valence-electron chi connectivity index (χ1n) is 9.58. The summed E-state index contributed by atoms with van der Waals surface area (Å²) in [5.74, 6) is 0.799. The minimum Gasteiger partial charge on any atom is -0.335 e. The minimum absolute atomic E-state index is 0.0481. The lowest BCUT2D eigenvalue weighted by atomic mass is 10.1. The normalized spacial score (nSPS) is 12.7. The highest BCUT2D eigenvalue weighted by molar-refractivity contribution is 7.09. The van der Waals surface area contributed by atoms with Crippen LogP contribution in [0.2, 0.25) is 0 Å². The molecule has 0 bridgehead atoms. The molecule has 1 N–H and O–H groups in total. The first-order chi connectivity index (χ1) is 12.9. The summed E-state index contributed by atoms with van der Waals surface area (Å²) in [5.41, 5.74) is 2.08. The lowest BCUT2D eigenvalue weighted by Gasteiger charge is -2.25. The van der Waals surface area contributed by atoms with Gasteiger partial charge in [0.25, 0.3) is 0 Å². The van der Waals surface area contributed by atoms with Crippen molar-refractivity contribution < 1.29 is 4.79 Å². The van der Waals surface area contributed by atoms with Crippen LogP contribution in [0.4, 0.5) is 4.79 Å². The van der Waals surface area contributed by atoms with Gasteiger partial charge in [-0.05, 0) is 18.4 Å². The predicted molar refractivity (Wildman–Crippen MR) is 115 cm³/mol. The second-order valence-corrected chi connectivity index (χ2v) is 8.40. The Hall–Kier alpha value is -2.14. The molecule has 0 fully saturated rings. The molecule has 0 radical (unpaired) electrons. The molecule has 146 valence electrons. The van der Waals surface area contributed by atoms with Crippen molar-refractivity contribution in [3.8, 4) is 0 Å². The second kappa shape index (κ2) is 10.3. The SMILES string of the molecule is CC(C)c1nc(CN(C/C=C/c2ccccc2)C(=O)N[C@H](C)C(C)C)cs1. The van der Waals surface area contributed by atoms with Crippen LogP contribution in [0.5, 0.6) is 0 Å². The van der Waals surface area contributed by atoms with Crippen LogP contribution in [0.1, 0.15) is 56.8 Å². The smallest absolute Gasteiger partial charge is 0.318 e. The van der Waals surface area contributed by atoms with Gasteiger partial charge in [-0.2, -0.15) is 0 Å². The number of thiazole rings is 1. The van der Waals surface area contributed by atoms with Crippen LogP contribution in [0.3, 0.4) is 0 Å². The zero-order valence-electron chi connectivity index (χ0n) is 17.0. The topological polar surface area (TPSA) is 45.2 Å². The van der Waals surface area contributed by atoms with Gasteiger partial charge in [0.2, 0.25) is 0 Å². The number of nitrogens with zero attached hydrogens (tertiary/aromatic N) is 2. The highest BCUT2D eigenvalue weighted by atomic mass is 32.1. The fourth-order valence-electron chi connectivity index (χ4n) is 2.41. The fourth-order valence-corrected chi connectivity index (χ4v) is 3.23. The van der Waals surface area contributed by atoms with Crippen LogP contribution in [-0.4, -0.2) is 28.5 Å². The molecule has 0 aliphatic rings. The predicted octanol–water partition coefficient (Wildman–Crippen LogP) is 5.54. The first kappa shape index (κ1) is 21.2. The van der Waals surface area contributed by atoms with Crippen molar-refractivity contribution in [3.63, 3.8) is 0 Å². The van der Waals surface area contributed by atoms with Gasteiger partial charge in [-0.1, -0.05) is 70.2 Å². The summed E-state index contributed by atoms with van der Waals surface area (Å²) in [4.78, 5) is 19.3. The van der Waals surface area contributed by atoms with E-state index in [-0.39, 0.29) is 12.1 Å². The van der Waals surface area contributed by atoms with Gasteiger partial charge >= 0.3 is 6.03 Å². The second-order valence-electron chi connectivity index (χ2n) is 7.51. The Morgan fingerprint density at radius 2 is 1.89 bits per heavy atom. The van der Waals surface area contributed by atoms with Crippen molar-refractivity contribution >= 4 is 23.4 Å². The quantitative estimate of drug-likeness (QED) is 0.649. The Morgan fingerprint density at radius 3 is 2.48 bits per heavy atom. The van der Waals surface area contributed by atoms with Crippen molar-refractivity contribution in [1.29, 1.82) is 0 Å². The van der Waals surface area contributed by atoms with Crippen molar-refractivity contribution in [3.05, 3.63) is 58.1 Å². The number of amides is 2. The largest absolute Gasteiger partial charge is 0.335 e. The molecular weight excluding hydrogens is 354 g/mol. The van der Waals surface area contributed by atoms with Gasteiger partial charge in [0.15, 0.2) is 0 Å². The third kappa shape index (κ3) is 6.83. The summed E-state index contributed by atoms with van der Waals surface area (Å²) < 4.78 is 0. The van der Waals surface area contributed by atoms with Gasteiger partial charge in [0.1, 0.15) is 0 Å². The zero-order chi connectivity index (χ0) is 19.8. The molecule has 2 aromatic rings. The van der Waals surface area contributed by atoms with E-state index in [4.69, 9.17) is 0 Å². The van der Waals surface area contributed by atoms with Gasteiger partial charge in [0, 0.05) is 23.9 Å². The fraction of sp³-hybridized carbons (Fsp3) is 0.455. The van der Waals surface area contributed by atoms with Crippen LogP contribution in [-0.2, 0) is 6.54 Å². The van der Waals surface area contributed by atoms with E-state index < -0.39 is 0 Å². The van der Waals surface area contributed by atoms with Crippen molar-refractivity contribution in [1.82, 2.24) is 15.2 Å². The molecule has 0 aliphatic heterocycles. The average Bonchev–Trinajstić information content (AvgIpc) is 3.10. The lowest BCUT2D eigenvalue weighted by molar-refractivity contribution is 0.194. The summed E-state index contributed by atoms with van der Waals surface area (Å²) >= 11 is 1.66. The number of urea groups is 1. The molecule has 4 nitrogen and oxygen atoms in total. The molecule has 1 atom stereocenters. The number of benzene rings is 1. The minimum atomic E-state index is -0.0481. The van der Waals surface area contributed by atoms with Gasteiger partial charge < -0.3 is 10.2 Å². The molecule has 1 heterocycles. The standard InChI is InChI=1S/C22H31N3OS/c1-16(2)18(5)23-22(26)25(13-9-12-19-10-7-6-8-11-19)14-20-15-27-21(24-20)17(3)4/h6-12,15-18H,13-14H2,1-5H3,(H,23,26)/b12-9+/t18-/m1/s1. The van der Waals surface area contributed by atoms with Crippen LogP contribution >= 0.6 is 11.3 Å². The lowest BCUT2D eigenvalue weighted by Crippen LogP contribution is -2.45. The Balaban J connectivity index is 2.09. The van der Waals surface area contributed by atoms with Gasteiger partial charge in [0.05, 0.1) is 17.2 Å². The van der Waals surface area contributed by atoms with Crippen LogP contribution in [0, 0.1) is 5.92 Å². The van der Waals surface area contributed by atoms with E-state index in [1.807, 2.05) is 42.2 Å². The number of rotatable bonds is 8. The summed E-state index contributed by atoms with van der Waals surface area (Å²) in [6.07, 6.45) is 4.08. The monoisotopic (exact) mass is 385 g/mol. The van der Waals surface area contributed by atoms with Crippen LogP contribution < -0.4 is 5.32 Å². The molecule has 0 saturated carbocycles. The number of hydrogen-bond donors (Lipinski definition) is 1. The Bertz CT molecular complexity index is 737. The maximum absolute atomic E-state index is 12.8. The van der Waals surface area contributed by atoms with Gasteiger partial charge in [-0.15, -0.1) is 11.3 Å². The molecule has 2 amide bonds. The van der Waals surface area contributed by atoms with E-state index in [2.05, 4.69) is 55.5 Å². The van der Waals surface area contributed by atoms with E-state index >= 15 is 0 Å². The van der Waals surface area contributed by atoms with E-state index in [1.165, 1.54) is 0 Å². The highest BCUT2D eigenvalue weighted by Gasteiger charge is 2.18. The molecular formula is C22H31N3OS. The molecule has 0 saturated heterocycles. The van der Waals surface area contributed by atoms with Crippen molar-refractivity contribution in [2.75, 3.05) is 6.54 Å². The van der Waals surface area contributed by atoms with Gasteiger partial charge in [-0.3, -0.25) is 0 Å². The first-order valence-corrected chi connectivity index (χ1v) is 10.5. The Kier molecular flexibility index (Phi) is 8.04. The van der Waals surface area contributed by atoms with Crippen molar-refractivity contribution in [2.45, 2.75) is 53.1 Å². The van der Waals surface area contributed by atoms with Crippen LogP contribution in [0.15, 0.2) is 41.8 Å². The average molecular weight is 386 g/mol. The van der Waals surface area contributed by atoms with E-state index in [0.29, 0.717) is 24.9 Å². The van der Waals surface area contributed by atoms with E-state index in [9.17, 15) is 4.79 Å². The molecule has 27 heavy (non-hydrogen) atoms. The number of carbonyl (C=O) groups excluding carboxylic acids is 1. The number of carbonyl (C=O) groups is 1. The van der Waals surface area contributed by atoms with E-state index in [0.717, 1.165) is 16.3 Å². The molecule has 5 heteroatoms. The van der Waals surface area contributed by atoms with E-state index in [1.54, 1.807) is 11.3 Å². The Morgan fingerprint density at radius 1 is 1.19 bits per heavy atom. The molecule has 0 unspecified atom stereocenters. The number of aromatic nitrogens is 1.